The molecule has 0 aliphatic heterocycles. The van der Waals surface area contributed by atoms with Crippen molar-refractivity contribution in [2.24, 2.45) is 5.92 Å². The van der Waals surface area contributed by atoms with E-state index >= 15 is 0 Å². The molecule has 3 rings (SSSR count). The fourth-order valence-corrected chi connectivity index (χ4v) is 3.41. The van der Waals surface area contributed by atoms with E-state index in [1.807, 2.05) is 6.92 Å². The summed E-state index contributed by atoms with van der Waals surface area (Å²) >= 11 is 0. The van der Waals surface area contributed by atoms with Gasteiger partial charge in [0.2, 0.25) is 5.76 Å². The molecule has 0 N–H and O–H groups in total. The number of rotatable bonds is 4. The maximum Gasteiger partial charge on any atom is 0.292 e. The van der Waals surface area contributed by atoms with Crippen molar-refractivity contribution in [2.45, 2.75) is 70.9 Å². The van der Waals surface area contributed by atoms with E-state index in [0.29, 0.717) is 17.8 Å². The molecule has 1 amide bonds. The monoisotopic (exact) mass is 276 g/mol. The van der Waals surface area contributed by atoms with Gasteiger partial charge in [0, 0.05) is 18.2 Å². The third kappa shape index (κ3) is 2.74. The Morgan fingerprint density at radius 2 is 1.85 bits per heavy atom. The highest BCUT2D eigenvalue weighted by Crippen LogP contribution is 2.37. The zero-order chi connectivity index (χ0) is 14.1. The van der Waals surface area contributed by atoms with Gasteiger partial charge in [0.15, 0.2) is 0 Å². The second-order valence-electron chi connectivity index (χ2n) is 6.36. The van der Waals surface area contributed by atoms with E-state index in [9.17, 15) is 4.79 Å². The fraction of sp³-hybridized carbons (Fsp3) is 0.750. The lowest BCUT2D eigenvalue weighted by molar-refractivity contribution is 0.0546. The van der Waals surface area contributed by atoms with E-state index in [4.69, 9.17) is 4.52 Å². The number of carbonyl (C=O) groups is 1. The molecule has 20 heavy (non-hydrogen) atoms. The normalized spacial score (nSPS) is 26.5. The maximum absolute atomic E-state index is 12.7. The van der Waals surface area contributed by atoms with Crippen LogP contribution in [0.4, 0.5) is 0 Å². The summed E-state index contributed by atoms with van der Waals surface area (Å²) in [7, 11) is 0. The van der Waals surface area contributed by atoms with Crippen LogP contribution in [0.3, 0.4) is 0 Å². The zero-order valence-electron chi connectivity index (χ0n) is 12.5. The summed E-state index contributed by atoms with van der Waals surface area (Å²) in [5, 5.41) is 3.85. The molecule has 2 saturated carbocycles. The van der Waals surface area contributed by atoms with Crippen molar-refractivity contribution in [1.29, 1.82) is 0 Å². The molecule has 110 valence electrons. The van der Waals surface area contributed by atoms with Crippen molar-refractivity contribution in [3.05, 3.63) is 17.5 Å². The Hall–Kier alpha value is -1.32. The van der Waals surface area contributed by atoms with E-state index in [2.05, 4.69) is 17.0 Å². The molecule has 2 aliphatic rings. The average Bonchev–Trinajstić information content (AvgIpc) is 3.20. The van der Waals surface area contributed by atoms with E-state index in [0.717, 1.165) is 37.3 Å². The molecule has 0 unspecified atom stereocenters. The molecule has 0 radical (unpaired) electrons. The van der Waals surface area contributed by atoms with Gasteiger partial charge in [-0.15, -0.1) is 0 Å². The van der Waals surface area contributed by atoms with Crippen LogP contribution in [-0.2, 0) is 0 Å². The molecule has 0 atom stereocenters. The van der Waals surface area contributed by atoms with Gasteiger partial charge in [-0.2, -0.15) is 0 Å². The van der Waals surface area contributed by atoms with Gasteiger partial charge in [-0.25, -0.2) is 0 Å². The Morgan fingerprint density at radius 3 is 2.30 bits per heavy atom. The predicted molar refractivity (Wildman–Crippen MR) is 76.5 cm³/mol. The lowest BCUT2D eigenvalue weighted by Crippen LogP contribution is -2.43. The highest BCUT2D eigenvalue weighted by molar-refractivity contribution is 5.92. The molecule has 2 aliphatic carbocycles. The highest BCUT2D eigenvalue weighted by atomic mass is 16.5. The molecule has 4 nitrogen and oxygen atoms in total. The van der Waals surface area contributed by atoms with Crippen molar-refractivity contribution in [2.75, 3.05) is 0 Å². The number of nitrogens with zero attached hydrogens (tertiary/aromatic N) is 2. The Bertz CT molecular complexity index is 471. The van der Waals surface area contributed by atoms with Gasteiger partial charge in [0.25, 0.3) is 5.91 Å². The lowest BCUT2D eigenvalue weighted by Gasteiger charge is -2.36. The Labute approximate surface area is 120 Å². The third-order valence-electron chi connectivity index (χ3n) is 4.80. The van der Waals surface area contributed by atoms with Gasteiger partial charge in [-0.05, 0) is 51.4 Å². The van der Waals surface area contributed by atoms with E-state index in [1.54, 1.807) is 6.07 Å². The van der Waals surface area contributed by atoms with Crippen molar-refractivity contribution in [3.8, 4) is 0 Å². The van der Waals surface area contributed by atoms with Crippen LogP contribution in [0.2, 0.25) is 0 Å². The fourth-order valence-electron chi connectivity index (χ4n) is 3.41. The summed E-state index contributed by atoms with van der Waals surface area (Å²) in [6, 6.07) is 2.61. The molecule has 0 saturated heterocycles. The minimum Gasteiger partial charge on any atom is -0.351 e. The van der Waals surface area contributed by atoms with E-state index in [-0.39, 0.29) is 5.91 Å². The molecular weight excluding hydrogens is 252 g/mol. The molecule has 0 spiro atoms. The molecule has 2 fully saturated rings. The van der Waals surface area contributed by atoms with Crippen LogP contribution in [0.15, 0.2) is 10.6 Å². The minimum atomic E-state index is 0.0491. The first-order chi connectivity index (χ1) is 9.69. The number of carbonyl (C=O) groups excluding carboxylic acids is 1. The van der Waals surface area contributed by atoms with Gasteiger partial charge in [0.05, 0.1) is 5.69 Å². The SMILES string of the molecule is CCC1CCC(N(C(=O)c2cc(C)no2)C2CC2)CC1. The predicted octanol–water partition coefficient (Wildman–Crippen LogP) is 3.56. The second-order valence-corrected chi connectivity index (χ2v) is 6.36. The zero-order valence-corrected chi connectivity index (χ0v) is 12.5. The standard InChI is InChI=1S/C16H24N2O2/c1-3-12-4-6-13(7-5-12)18(14-8-9-14)16(19)15-10-11(2)17-20-15/h10,12-14H,3-9H2,1-2H3. The molecule has 0 bridgehead atoms. The Morgan fingerprint density at radius 1 is 1.25 bits per heavy atom. The van der Waals surface area contributed by atoms with Crippen LogP contribution in [0.1, 0.15) is 68.1 Å². The maximum atomic E-state index is 12.7. The van der Waals surface area contributed by atoms with E-state index < -0.39 is 0 Å². The minimum absolute atomic E-state index is 0.0491. The van der Waals surface area contributed by atoms with E-state index in [1.165, 1.54) is 19.3 Å². The van der Waals surface area contributed by atoms with Crippen molar-refractivity contribution in [3.63, 3.8) is 0 Å². The largest absolute Gasteiger partial charge is 0.351 e. The van der Waals surface area contributed by atoms with Crippen LogP contribution in [0.5, 0.6) is 0 Å². The smallest absolute Gasteiger partial charge is 0.292 e. The topological polar surface area (TPSA) is 46.3 Å². The van der Waals surface area contributed by atoms with Crippen LogP contribution >= 0.6 is 0 Å². The van der Waals surface area contributed by atoms with Crippen LogP contribution in [0, 0.1) is 12.8 Å². The molecule has 1 aromatic heterocycles. The quantitative estimate of drug-likeness (QED) is 0.844. The molecule has 1 heterocycles. The van der Waals surface area contributed by atoms with Gasteiger partial charge >= 0.3 is 0 Å². The summed E-state index contributed by atoms with van der Waals surface area (Å²) in [5.74, 6) is 1.31. The highest BCUT2D eigenvalue weighted by Gasteiger charge is 2.40. The molecule has 0 aromatic carbocycles. The van der Waals surface area contributed by atoms with Gasteiger partial charge < -0.3 is 9.42 Å². The van der Waals surface area contributed by atoms with Crippen LogP contribution in [0.25, 0.3) is 0 Å². The number of aromatic nitrogens is 1. The molecule has 1 aromatic rings. The summed E-state index contributed by atoms with van der Waals surface area (Å²) in [5.41, 5.74) is 0.777. The summed E-state index contributed by atoms with van der Waals surface area (Å²) < 4.78 is 5.18. The summed E-state index contributed by atoms with van der Waals surface area (Å²) in [4.78, 5) is 14.8. The van der Waals surface area contributed by atoms with Gasteiger partial charge in [-0.1, -0.05) is 18.5 Å². The summed E-state index contributed by atoms with van der Waals surface area (Å²) in [6.45, 7) is 4.13. The first-order valence-electron chi connectivity index (χ1n) is 7.95. The van der Waals surface area contributed by atoms with Crippen LogP contribution < -0.4 is 0 Å². The first kappa shape index (κ1) is 13.7. The first-order valence-corrected chi connectivity index (χ1v) is 7.95. The third-order valence-corrected chi connectivity index (χ3v) is 4.80. The average molecular weight is 276 g/mol. The van der Waals surface area contributed by atoms with Crippen molar-refractivity contribution < 1.29 is 9.32 Å². The van der Waals surface area contributed by atoms with Crippen molar-refractivity contribution in [1.82, 2.24) is 10.1 Å². The number of aryl methyl sites for hydroxylation is 1. The lowest BCUT2D eigenvalue weighted by atomic mass is 9.84. The Balaban J connectivity index is 1.71. The van der Waals surface area contributed by atoms with Gasteiger partial charge in [-0.3, -0.25) is 4.79 Å². The number of hydrogen-bond acceptors (Lipinski definition) is 3. The summed E-state index contributed by atoms with van der Waals surface area (Å²) in [6.07, 6.45) is 8.37. The molecular formula is C16H24N2O2. The van der Waals surface area contributed by atoms with Crippen molar-refractivity contribution >= 4 is 5.91 Å². The second kappa shape index (κ2) is 5.58. The molecule has 4 heteroatoms. The number of hydrogen-bond donors (Lipinski definition) is 0. The Kier molecular flexibility index (Phi) is 3.81. The van der Waals surface area contributed by atoms with Crippen LogP contribution in [-0.4, -0.2) is 28.0 Å². The number of amides is 1. The van der Waals surface area contributed by atoms with Gasteiger partial charge in [0.1, 0.15) is 0 Å².